The van der Waals surface area contributed by atoms with Crippen molar-refractivity contribution in [3.8, 4) is 0 Å². The summed E-state index contributed by atoms with van der Waals surface area (Å²) in [7, 11) is 1.68. The zero-order valence-corrected chi connectivity index (χ0v) is 10.9. The maximum Gasteiger partial charge on any atom is 0.157 e. The van der Waals surface area contributed by atoms with Crippen LogP contribution in [0.15, 0.2) is 30.3 Å². The number of carbonyl (C=O) groups is 1. The van der Waals surface area contributed by atoms with Crippen LogP contribution in [0.5, 0.6) is 0 Å². The van der Waals surface area contributed by atoms with Crippen LogP contribution in [0.3, 0.4) is 0 Å². The van der Waals surface area contributed by atoms with E-state index in [1.807, 2.05) is 30.3 Å². The fraction of sp³-hybridized carbons (Fsp3) is 0.533. The molecular weight excluding hydrogens is 226 g/mol. The molecule has 98 valence electrons. The highest BCUT2D eigenvalue weighted by Gasteiger charge is 2.40. The Morgan fingerprint density at radius 2 is 2.06 bits per heavy atom. The van der Waals surface area contributed by atoms with Gasteiger partial charge >= 0.3 is 0 Å². The second kappa shape index (κ2) is 6.12. The van der Waals surface area contributed by atoms with Crippen molar-refractivity contribution in [1.29, 1.82) is 0 Å². The first-order chi connectivity index (χ1) is 8.79. The summed E-state index contributed by atoms with van der Waals surface area (Å²) in [4.78, 5) is 12.4. The SMILES string of the molecule is COCCN[C@]1(c2ccccc2)CCCCC1=O. The molecule has 0 unspecified atom stereocenters. The zero-order chi connectivity index (χ0) is 12.8. The molecule has 3 nitrogen and oxygen atoms in total. The van der Waals surface area contributed by atoms with Crippen LogP contribution in [-0.2, 0) is 15.1 Å². The van der Waals surface area contributed by atoms with Crippen molar-refractivity contribution >= 4 is 5.78 Å². The van der Waals surface area contributed by atoms with Gasteiger partial charge in [-0.1, -0.05) is 36.8 Å². The Labute approximate surface area is 109 Å². The van der Waals surface area contributed by atoms with Crippen molar-refractivity contribution in [2.75, 3.05) is 20.3 Å². The summed E-state index contributed by atoms with van der Waals surface area (Å²) in [6.07, 6.45) is 3.68. The Hall–Kier alpha value is -1.19. The average Bonchev–Trinajstić information content (AvgIpc) is 2.42. The summed E-state index contributed by atoms with van der Waals surface area (Å²) in [5, 5.41) is 3.43. The Balaban J connectivity index is 2.24. The molecule has 1 fully saturated rings. The first-order valence-corrected chi connectivity index (χ1v) is 6.62. The van der Waals surface area contributed by atoms with Gasteiger partial charge in [-0.2, -0.15) is 0 Å². The molecule has 1 saturated carbocycles. The predicted octanol–water partition coefficient (Wildman–Crippen LogP) is 2.26. The van der Waals surface area contributed by atoms with Crippen LogP contribution in [-0.4, -0.2) is 26.0 Å². The van der Waals surface area contributed by atoms with Crippen LogP contribution in [0.1, 0.15) is 31.2 Å². The van der Waals surface area contributed by atoms with E-state index in [0.29, 0.717) is 25.4 Å². The van der Waals surface area contributed by atoms with Crippen LogP contribution < -0.4 is 5.32 Å². The van der Waals surface area contributed by atoms with Crippen molar-refractivity contribution < 1.29 is 9.53 Å². The molecule has 0 radical (unpaired) electrons. The Morgan fingerprint density at radius 1 is 1.28 bits per heavy atom. The van der Waals surface area contributed by atoms with E-state index in [2.05, 4.69) is 5.32 Å². The third kappa shape index (κ3) is 2.62. The molecule has 18 heavy (non-hydrogen) atoms. The molecule has 2 rings (SSSR count). The van der Waals surface area contributed by atoms with E-state index in [-0.39, 0.29) is 0 Å². The van der Waals surface area contributed by atoms with Gasteiger partial charge in [0.25, 0.3) is 0 Å². The summed E-state index contributed by atoms with van der Waals surface area (Å²) in [6.45, 7) is 1.33. The van der Waals surface area contributed by atoms with E-state index in [4.69, 9.17) is 4.74 Å². The number of carbonyl (C=O) groups excluding carboxylic acids is 1. The van der Waals surface area contributed by atoms with Gasteiger partial charge in [0.05, 0.1) is 6.61 Å². The number of rotatable bonds is 5. The summed E-state index contributed by atoms with van der Waals surface area (Å²) in [6, 6.07) is 10.1. The molecule has 0 bridgehead atoms. The molecule has 1 aromatic carbocycles. The van der Waals surface area contributed by atoms with E-state index < -0.39 is 5.54 Å². The monoisotopic (exact) mass is 247 g/mol. The summed E-state index contributed by atoms with van der Waals surface area (Å²) >= 11 is 0. The summed E-state index contributed by atoms with van der Waals surface area (Å²) in [5.41, 5.74) is 0.601. The van der Waals surface area contributed by atoms with Gasteiger partial charge in [-0.25, -0.2) is 0 Å². The van der Waals surface area contributed by atoms with E-state index in [0.717, 1.165) is 24.8 Å². The van der Waals surface area contributed by atoms with E-state index >= 15 is 0 Å². The fourth-order valence-corrected chi connectivity index (χ4v) is 2.71. The minimum atomic E-state index is -0.488. The molecule has 0 aliphatic heterocycles. The lowest BCUT2D eigenvalue weighted by Crippen LogP contribution is -2.51. The Kier molecular flexibility index (Phi) is 4.50. The number of methoxy groups -OCH3 is 1. The fourth-order valence-electron chi connectivity index (χ4n) is 2.71. The smallest absolute Gasteiger partial charge is 0.157 e. The van der Waals surface area contributed by atoms with Crippen molar-refractivity contribution in [2.24, 2.45) is 0 Å². The molecule has 0 saturated heterocycles. The van der Waals surface area contributed by atoms with Gasteiger partial charge in [0.2, 0.25) is 0 Å². The second-order valence-electron chi connectivity index (χ2n) is 4.82. The number of ether oxygens (including phenoxy) is 1. The quantitative estimate of drug-likeness (QED) is 0.811. The highest BCUT2D eigenvalue weighted by atomic mass is 16.5. The minimum Gasteiger partial charge on any atom is -0.383 e. The molecule has 1 atom stereocenters. The standard InChI is InChI=1S/C15H21NO2/c1-18-12-11-16-15(10-6-5-9-14(15)17)13-7-3-2-4-8-13/h2-4,7-8,16H,5-6,9-12H2,1H3/t15-/m0/s1. The van der Waals surface area contributed by atoms with Gasteiger partial charge in [-0.15, -0.1) is 0 Å². The zero-order valence-electron chi connectivity index (χ0n) is 10.9. The van der Waals surface area contributed by atoms with Crippen molar-refractivity contribution in [2.45, 2.75) is 31.2 Å². The van der Waals surface area contributed by atoms with Gasteiger partial charge in [0.15, 0.2) is 5.78 Å². The summed E-state index contributed by atoms with van der Waals surface area (Å²) in [5.74, 6) is 0.316. The lowest BCUT2D eigenvalue weighted by molar-refractivity contribution is -0.128. The van der Waals surface area contributed by atoms with Crippen LogP contribution >= 0.6 is 0 Å². The number of Topliss-reactive ketones (excluding diaryl/α,β-unsaturated/α-hetero) is 1. The third-order valence-corrected chi connectivity index (χ3v) is 3.68. The van der Waals surface area contributed by atoms with E-state index in [1.54, 1.807) is 7.11 Å². The lowest BCUT2D eigenvalue weighted by atomic mass is 9.75. The Bertz CT molecular complexity index is 391. The molecule has 0 spiro atoms. The normalized spacial score (nSPS) is 24.2. The summed E-state index contributed by atoms with van der Waals surface area (Å²) < 4.78 is 5.08. The minimum absolute atomic E-state index is 0.316. The maximum atomic E-state index is 12.4. The first kappa shape index (κ1) is 13.2. The third-order valence-electron chi connectivity index (χ3n) is 3.68. The molecule has 0 aromatic heterocycles. The molecular formula is C15H21NO2. The molecule has 0 heterocycles. The van der Waals surface area contributed by atoms with E-state index in [9.17, 15) is 4.79 Å². The highest BCUT2D eigenvalue weighted by molar-refractivity contribution is 5.90. The van der Waals surface area contributed by atoms with Gasteiger partial charge in [0.1, 0.15) is 5.54 Å². The van der Waals surface area contributed by atoms with Gasteiger partial charge in [-0.05, 0) is 18.4 Å². The molecule has 3 heteroatoms. The molecule has 1 N–H and O–H groups in total. The van der Waals surface area contributed by atoms with Gasteiger partial charge in [-0.3, -0.25) is 10.1 Å². The first-order valence-electron chi connectivity index (χ1n) is 6.62. The number of benzene rings is 1. The van der Waals surface area contributed by atoms with Crippen molar-refractivity contribution in [3.05, 3.63) is 35.9 Å². The van der Waals surface area contributed by atoms with Crippen LogP contribution in [0.25, 0.3) is 0 Å². The Morgan fingerprint density at radius 3 is 2.72 bits per heavy atom. The van der Waals surface area contributed by atoms with Gasteiger partial charge < -0.3 is 4.74 Å². The van der Waals surface area contributed by atoms with Crippen LogP contribution in [0.4, 0.5) is 0 Å². The lowest BCUT2D eigenvalue weighted by Gasteiger charge is -2.37. The molecule has 0 amide bonds. The number of ketones is 1. The molecule has 1 aliphatic rings. The van der Waals surface area contributed by atoms with Gasteiger partial charge in [0, 0.05) is 20.1 Å². The van der Waals surface area contributed by atoms with Crippen LogP contribution in [0.2, 0.25) is 0 Å². The maximum absolute atomic E-state index is 12.4. The largest absolute Gasteiger partial charge is 0.383 e. The number of hydrogen-bond donors (Lipinski definition) is 1. The van der Waals surface area contributed by atoms with Crippen LogP contribution in [0, 0.1) is 0 Å². The van der Waals surface area contributed by atoms with E-state index in [1.165, 1.54) is 0 Å². The van der Waals surface area contributed by atoms with Crippen molar-refractivity contribution in [1.82, 2.24) is 5.32 Å². The highest BCUT2D eigenvalue weighted by Crippen LogP contribution is 2.34. The molecule has 1 aliphatic carbocycles. The van der Waals surface area contributed by atoms with Crippen molar-refractivity contribution in [3.63, 3.8) is 0 Å². The number of hydrogen-bond acceptors (Lipinski definition) is 3. The second-order valence-corrected chi connectivity index (χ2v) is 4.82. The predicted molar refractivity (Wildman–Crippen MR) is 71.5 cm³/mol. The topological polar surface area (TPSA) is 38.3 Å². The number of nitrogens with one attached hydrogen (secondary N) is 1. The molecule has 1 aromatic rings. The average molecular weight is 247 g/mol.